The smallest absolute Gasteiger partial charge is 0.391 e. The minimum Gasteiger partial charge on any atom is -0.399 e. The van der Waals surface area contributed by atoms with Gasteiger partial charge in [0.15, 0.2) is 0 Å². The number of rotatable bonds is 2. The maximum Gasteiger partial charge on any atom is 0.391 e. The number of nitrogen functional groups attached to an aromatic ring is 1. The van der Waals surface area contributed by atoms with Gasteiger partial charge in [0, 0.05) is 17.3 Å². The van der Waals surface area contributed by atoms with Gasteiger partial charge >= 0.3 is 6.18 Å². The molecule has 1 aliphatic carbocycles. The van der Waals surface area contributed by atoms with Gasteiger partial charge in [-0.25, -0.2) is 4.39 Å². The molecule has 0 aliphatic heterocycles. The number of amides is 1. The molecule has 0 unspecified atom stereocenters. The van der Waals surface area contributed by atoms with Gasteiger partial charge in [-0.15, -0.1) is 0 Å². The van der Waals surface area contributed by atoms with Gasteiger partial charge in [-0.3, -0.25) is 4.79 Å². The van der Waals surface area contributed by atoms with E-state index in [1.807, 2.05) is 0 Å². The lowest BCUT2D eigenvalue weighted by atomic mass is 9.81. The van der Waals surface area contributed by atoms with E-state index in [4.69, 9.17) is 5.73 Å². The summed E-state index contributed by atoms with van der Waals surface area (Å²) in [6.07, 6.45) is -3.93. The zero-order valence-corrected chi connectivity index (χ0v) is 11.2. The van der Waals surface area contributed by atoms with Crippen LogP contribution in [0.3, 0.4) is 0 Å². The van der Waals surface area contributed by atoms with E-state index in [0.29, 0.717) is 0 Å². The lowest BCUT2D eigenvalue weighted by Crippen LogP contribution is -2.32. The van der Waals surface area contributed by atoms with Crippen molar-refractivity contribution in [3.05, 3.63) is 24.0 Å². The molecular formula is C14H16F4N2O. The second-order valence-electron chi connectivity index (χ2n) is 5.35. The Hall–Kier alpha value is -1.79. The Bertz CT molecular complexity index is 502. The van der Waals surface area contributed by atoms with Crippen molar-refractivity contribution in [3.63, 3.8) is 0 Å². The van der Waals surface area contributed by atoms with Gasteiger partial charge in [0.05, 0.1) is 5.92 Å². The summed E-state index contributed by atoms with van der Waals surface area (Å²) in [5.41, 5.74) is 5.85. The number of benzene rings is 1. The van der Waals surface area contributed by atoms with Gasteiger partial charge in [0.2, 0.25) is 5.91 Å². The quantitative estimate of drug-likeness (QED) is 0.646. The van der Waals surface area contributed by atoms with Crippen LogP contribution in [0.15, 0.2) is 18.2 Å². The van der Waals surface area contributed by atoms with Crippen LogP contribution in [0.25, 0.3) is 0 Å². The first kappa shape index (κ1) is 15.6. The van der Waals surface area contributed by atoms with Crippen molar-refractivity contribution in [2.45, 2.75) is 31.9 Å². The number of carbonyl (C=O) groups is 1. The van der Waals surface area contributed by atoms with Gasteiger partial charge < -0.3 is 11.1 Å². The summed E-state index contributed by atoms with van der Waals surface area (Å²) in [7, 11) is 0. The number of nitrogens with one attached hydrogen (secondary N) is 1. The van der Waals surface area contributed by atoms with Crippen molar-refractivity contribution in [2.24, 2.45) is 11.8 Å². The van der Waals surface area contributed by atoms with E-state index in [2.05, 4.69) is 5.32 Å². The molecule has 3 nitrogen and oxygen atoms in total. The van der Waals surface area contributed by atoms with Crippen LogP contribution in [0, 0.1) is 17.7 Å². The third-order valence-electron chi connectivity index (χ3n) is 3.75. The zero-order valence-electron chi connectivity index (χ0n) is 11.2. The van der Waals surface area contributed by atoms with Gasteiger partial charge in [0.1, 0.15) is 5.82 Å². The summed E-state index contributed by atoms with van der Waals surface area (Å²) in [6.45, 7) is 0. The minimum atomic E-state index is -4.20. The molecule has 3 N–H and O–H groups in total. The molecule has 2 rings (SSSR count). The first-order valence-corrected chi connectivity index (χ1v) is 6.69. The van der Waals surface area contributed by atoms with Crippen LogP contribution in [0.4, 0.5) is 28.9 Å². The Morgan fingerprint density at radius 1 is 1.14 bits per heavy atom. The minimum absolute atomic E-state index is 0.0487. The standard InChI is InChI=1S/C14H16F4N2O/c15-10-5-11(19)7-12(6-10)20-13(21)8-1-3-9(4-2-8)14(16,17)18/h5-9H,1-4,19H2,(H,20,21). The Morgan fingerprint density at radius 2 is 1.76 bits per heavy atom. The highest BCUT2D eigenvalue weighted by Gasteiger charge is 2.42. The molecule has 1 aromatic carbocycles. The number of anilines is 2. The number of carbonyl (C=O) groups excluding carboxylic acids is 1. The van der Waals surface area contributed by atoms with E-state index < -0.39 is 23.8 Å². The summed E-state index contributed by atoms with van der Waals surface area (Å²) in [6, 6.07) is 3.64. The number of hydrogen-bond acceptors (Lipinski definition) is 2. The van der Waals surface area contributed by atoms with Crippen molar-refractivity contribution < 1.29 is 22.4 Å². The molecule has 0 radical (unpaired) electrons. The monoisotopic (exact) mass is 304 g/mol. The molecule has 0 atom stereocenters. The SMILES string of the molecule is Nc1cc(F)cc(NC(=O)C2CCC(C(F)(F)F)CC2)c1. The highest BCUT2D eigenvalue weighted by atomic mass is 19.4. The topological polar surface area (TPSA) is 55.1 Å². The van der Waals surface area contributed by atoms with E-state index in [1.54, 1.807) is 0 Å². The predicted molar refractivity (Wildman–Crippen MR) is 70.9 cm³/mol. The Balaban J connectivity index is 1.93. The molecule has 1 aromatic rings. The van der Waals surface area contributed by atoms with Crippen molar-refractivity contribution >= 4 is 17.3 Å². The third kappa shape index (κ3) is 4.09. The average Bonchev–Trinajstić information content (AvgIpc) is 2.36. The second-order valence-corrected chi connectivity index (χ2v) is 5.35. The van der Waals surface area contributed by atoms with Crippen LogP contribution >= 0.6 is 0 Å². The predicted octanol–water partition coefficient (Wildman–Crippen LogP) is 3.72. The first-order valence-electron chi connectivity index (χ1n) is 6.69. The zero-order chi connectivity index (χ0) is 15.6. The molecule has 0 spiro atoms. The van der Waals surface area contributed by atoms with Crippen LogP contribution in [-0.4, -0.2) is 12.1 Å². The summed E-state index contributed by atoms with van der Waals surface area (Å²) in [5.74, 6) is -2.77. The highest BCUT2D eigenvalue weighted by molar-refractivity contribution is 5.93. The molecule has 1 saturated carbocycles. The number of alkyl halides is 3. The molecular weight excluding hydrogens is 288 g/mol. The molecule has 0 bridgehead atoms. The summed E-state index contributed by atoms with van der Waals surface area (Å²) in [5, 5.41) is 2.51. The van der Waals surface area contributed by atoms with Crippen LogP contribution in [0.1, 0.15) is 25.7 Å². The van der Waals surface area contributed by atoms with Crippen LogP contribution in [-0.2, 0) is 4.79 Å². The van der Waals surface area contributed by atoms with Crippen LogP contribution in [0.2, 0.25) is 0 Å². The largest absolute Gasteiger partial charge is 0.399 e. The third-order valence-corrected chi connectivity index (χ3v) is 3.75. The van der Waals surface area contributed by atoms with E-state index in [1.165, 1.54) is 6.07 Å². The summed E-state index contributed by atoms with van der Waals surface area (Å²) in [4.78, 5) is 12.0. The number of nitrogens with two attached hydrogens (primary N) is 1. The fourth-order valence-corrected chi connectivity index (χ4v) is 2.61. The maximum atomic E-state index is 13.1. The first-order chi connectivity index (χ1) is 9.75. The molecule has 21 heavy (non-hydrogen) atoms. The molecule has 0 saturated heterocycles. The Labute approximate surface area is 119 Å². The van der Waals surface area contributed by atoms with Crippen molar-refractivity contribution in [1.29, 1.82) is 0 Å². The fraction of sp³-hybridized carbons (Fsp3) is 0.500. The molecule has 0 heterocycles. The van der Waals surface area contributed by atoms with Gasteiger partial charge in [-0.2, -0.15) is 13.2 Å². The van der Waals surface area contributed by atoms with Crippen LogP contribution in [0.5, 0.6) is 0 Å². The lowest BCUT2D eigenvalue weighted by molar-refractivity contribution is -0.184. The van der Waals surface area contributed by atoms with Crippen molar-refractivity contribution in [1.82, 2.24) is 0 Å². The molecule has 0 aromatic heterocycles. The second kappa shape index (κ2) is 5.91. The molecule has 1 amide bonds. The molecule has 7 heteroatoms. The highest BCUT2D eigenvalue weighted by Crippen LogP contribution is 2.39. The van der Waals surface area contributed by atoms with E-state index >= 15 is 0 Å². The number of halogens is 4. The Morgan fingerprint density at radius 3 is 2.29 bits per heavy atom. The Kier molecular flexibility index (Phi) is 4.39. The lowest BCUT2D eigenvalue weighted by Gasteiger charge is -2.29. The van der Waals surface area contributed by atoms with Crippen molar-refractivity contribution in [3.8, 4) is 0 Å². The maximum absolute atomic E-state index is 13.1. The molecule has 1 aliphatic rings. The van der Waals surface area contributed by atoms with Crippen molar-refractivity contribution in [2.75, 3.05) is 11.1 Å². The van der Waals surface area contributed by atoms with Gasteiger partial charge in [0.25, 0.3) is 0 Å². The normalized spacial score (nSPS) is 22.9. The van der Waals surface area contributed by atoms with Gasteiger partial charge in [-0.1, -0.05) is 0 Å². The van der Waals surface area contributed by atoms with E-state index in [9.17, 15) is 22.4 Å². The molecule has 116 valence electrons. The van der Waals surface area contributed by atoms with Gasteiger partial charge in [-0.05, 0) is 43.9 Å². The summed E-state index contributed by atoms with van der Waals surface area (Å²) >= 11 is 0. The number of hydrogen-bond donors (Lipinski definition) is 2. The summed E-state index contributed by atoms with van der Waals surface area (Å²) < 4.78 is 50.8. The molecule has 1 fully saturated rings. The average molecular weight is 304 g/mol. The fourth-order valence-electron chi connectivity index (χ4n) is 2.61. The van der Waals surface area contributed by atoms with E-state index in [0.717, 1.165) is 12.1 Å². The van der Waals surface area contributed by atoms with E-state index in [-0.39, 0.29) is 43.0 Å². The van der Waals surface area contributed by atoms with Crippen LogP contribution < -0.4 is 11.1 Å².